The second kappa shape index (κ2) is 4.52. The molecule has 1 fully saturated rings. The summed E-state index contributed by atoms with van der Waals surface area (Å²) in [6.07, 6.45) is 1.06. The van der Waals surface area contributed by atoms with Crippen LogP contribution in [-0.4, -0.2) is 19.8 Å². The Kier molecular flexibility index (Phi) is 3.29. The number of benzene rings is 1. The van der Waals surface area contributed by atoms with Crippen LogP contribution in [0.4, 0.5) is 0 Å². The number of ether oxygens (including phenoxy) is 1. The lowest BCUT2D eigenvalue weighted by Gasteiger charge is -2.42. The molecule has 2 nitrogen and oxygen atoms in total. The molecule has 1 saturated carbocycles. The van der Waals surface area contributed by atoms with Crippen LogP contribution in [0.5, 0.6) is 0 Å². The average Bonchev–Trinajstić information content (AvgIpc) is 2.21. The number of rotatable bonds is 3. The van der Waals surface area contributed by atoms with Crippen LogP contribution in [0.25, 0.3) is 0 Å². The summed E-state index contributed by atoms with van der Waals surface area (Å²) in [7, 11) is 1.74. The first-order chi connectivity index (χ1) is 7.22. The minimum atomic E-state index is 0.270. The van der Waals surface area contributed by atoms with Gasteiger partial charge in [-0.05, 0) is 30.0 Å². The fraction of sp³-hybridized carbons (Fsp3) is 0.500. The van der Waals surface area contributed by atoms with Gasteiger partial charge in [-0.3, -0.25) is 0 Å². The molecular weight excluding hydrogens is 210 g/mol. The molecule has 0 radical (unpaired) electrons. The van der Waals surface area contributed by atoms with Crippen LogP contribution < -0.4 is 5.73 Å². The maximum atomic E-state index is 6.02. The van der Waals surface area contributed by atoms with Crippen molar-refractivity contribution in [2.45, 2.75) is 18.4 Å². The highest BCUT2D eigenvalue weighted by Crippen LogP contribution is 2.41. The van der Waals surface area contributed by atoms with E-state index in [4.69, 9.17) is 22.1 Å². The third kappa shape index (κ3) is 2.17. The molecular formula is C12H16ClNO. The van der Waals surface area contributed by atoms with Crippen molar-refractivity contribution >= 4 is 11.6 Å². The maximum Gasteiger partial charge on any atom is 0.0497 e. The zero-order valence-corrected chi connectivity index (χ0v) is 9.58. The standard InChI is InChI=1S/C12H16ClNO/c1-15-7-9-6-11(14)12(9)8-2-4-10(13)5-3-8/h2-5,9,11-12H,6-7,14H2,1H3. The molecule has 1 aromatic carbocycles. The van der Waals surface area contributed by atoms with Crippen LogP contribution in [0.15, 0.2) is 24.3 Å². The van der Waals surface area contributed by atoms with Crippen molar-refractivity contribution in [3.63, 3.8) is 0 Å². The second-order valence-electron chi connectivity index (χ2n) is 4.19. The first-order valence-corrected chi connectivity index (χ1v) is 5.60. The van der Waals surface area contributed by atoms with Crippen LogP contribution in [-0.2, 0) is 4.74 Å². The highest BCUT2D eigenvalue weighted by molar-refractivity contribution is 6.30. The largest absolute Gasteiger partial charge is 0.384 e. The molecule has 82 valence electrons. The maximum absolute atomic E-state index is 6.02. The van der Waals surface area contributed by atoms with Gasteiger partial charge in [-0.2, -0.15) is 0 Å². The fourth-order valence-electron chi connectivity index (χ4n) is 2.39. The van der Waals surface area contributed by atoms with Crippen molar-refractivity contribution in [1.29, 1.82) is 0 Å². The van der Waals surface area contributed by atoms with Gasteiger partial charge in [0, 0.05) is 30.7 Å². The first kappa shape index (κ1) is 10.9. The van der Waals surface area contributed by atoms with Gasteiger partial charge in [0.15, 0.2) is 0 Å². The van der Waals surface area contributed by atoms with E-state index in [0.717, 1.165) is 18.1 Å². The summed E-state index contributed by atoms with van der Waals surface area (Å²) in [5.74, 6) is 0.994. The van der Waals surface area contributed by atoms with Crippen molar-refractivity contribution in [2.75, 3.05) is 13.7 Å². The number of hydrogen-bond acceptors (Lipinski definition) is 2. The summed E-state index contributed by atoms with van der Waals surface area (Å²) in [4.78, 5) is 0. The zero-order chi connectivity index (χ0) is 10.8. The SMILES string of the molecule is COCC1CC(N)C1c1ccc(Cl)cc1. The van der Waals surface area contributed by atoms with Gasteiger partial charge in [-0.15, -0.1) is 0 Å². The van der Waals surface area contributed by atoms with Crippen LogP contribution in [0.3, 0.4) is 0 Å². The minimum Gasteiger partial charge on any atom is -0.384 e. The van der Waals surface area contributed by atoms with E-state index in [1.54, 1.807) is 7.11 Å². The van der Waals surface area contributed by atoms with Crippen molar-refractivity contribution in [1.82, 2.24) is 0 Å². The van der Waals surface area contributed by atoms with E-state index in [2.05, 4.69) is 12.1 Å². The lowest BCUT2D eigenvalue weighted by atomic mass is 9.67. The molecule has 1 aromatic rings. The number of halogens is 1. The molecule has 3 atom stereocenters. The molecule has 15 heavy (non-hydrogen) atoms. The van der Waals surface area contributed by atoms with Gasteiger partial charge in [0.05, 0.1) is 0 Å². The van der Waals surface area contributed by atoms with E-state index in [0.29, 0.717) is 11.8 Å². The van der Waals surface area contributed by atoms with Gasteiger partial charge < -0.3 is 10.5 Å². The van der Waals surface area contributed by atoms with Crippen molar-refractivity contribution < 1.29 is 4.74 Å². The van der Waals surface area contributed by atoms with Crippen LogP contribution in [0.2, 0.25) is 5.02 Å². The molecule has 2 rings (SSSR count). The number of hydrogen-bond donors (Lipinski definition) is 1. The summed E-state index contributed by atoms with van der Waals surface area (Å²) in [5.41, 5.74) is 7.30. The second-order valence-corrected chi connectivity index (χ2v) is 4.63. The molecule has 1 aliphatic rings. The van der Waals surface area contributed by atoms with Gasteiger partial charge >= 0.3 is 0 Å². The highest BCUT2D eigenvalue weighted by Gasteiger charge is 2.39. The smallest absolute Gasteiger partial charge is 0.0497 e. The van der Waals surface area contributed by atoms with E-state index in [1.807, 2.05) is 12.1 Å². The fourth-order valence-corrected chi connectivity index (χ4v) is 2.51. The molecule has 0 amide bonds. The van der Waals surface area contributed by atoms with Crippen molar-refractivity contribution in [3.05, 3.63) is 34.9 Å². The summed E-state index contributed by atoms with van der Waals surface area (Å²) in [6, 6.07) is 8.24. The summed E-state index contributed by atoms with van der Waals surface area (Å²) in [5, 5.41) is 0.773. The van der Waals surface area contributed by atoms with Crippen LogP contribution >= 0.6 is 11.6 Å². The Morgan fingerprint density at radius 1 is 1.40 bits per heavy atom. The predicted octanol–water partition coefficient (Wildman–Crippen LogP) is 2.42. The Hall–Kier alpha value is -0.570. The van der Waals surface area contributed by atoms with Crippen LogP contribution in [0.1, 0.15) is 17.9 Å². The Morgan fingerprint density at radius 3 is 2.60 bits per heavy atom. The molecule has 0 aliphatic heterocycles. The quantitative estimate of drug-likeness (QED) is 0.858. The lowest BCUT2D eigenvalue weighted by molar-refractivity contribution is 0.0777. The normalized spacial score (nSPS) is 29.9. The van der Waals surface area contributed by atoms with E-state index in [9.17, 15) is 0 Å². The Balaban J connectivity index is 2.11. The van der Waals surface area contributed by atoms with Gasteiger partial charge in [-0.25, -0.2) is 0 Å². The Bertz CT molecular complexity index is 323. The van der Waals surface area contributed by atoms with Gasteiger partial charge in [0.25, 0.3) is 0 Å². The number of nitrogens with two attached hydrogens (primary N) is 1. The Morgan fingerprint density at radius 2 is 2.07 bits per heavy atom. The molecule has 3 heteroatoms. The summed E-state index contributed by atoms with van der Waals surface area (Å²) >= 11 is 5.86. The molecule has 0 spiro atoms. The summed E-state index contributed by atoms with van der Waals surface area (Å²) < 4.78 is 5.19. The molecule has 0 heterocycles. The van der Waals surface area contributed by atoms with Gasteiger partial charge in [0.1, 0.15) is 0 Å². The molecule has 3 unspecified atom stereocenters. The monoisotopic (exact) mass is 225 g/mol. The van der Waals surface area contributed by atoms with Gasteiger partial charge in [0.2, 0.25) is 0 Å². The minimum absolute atomic E-state index is 0.270. The van der Waals surface area contributed by atoms with Crippen molar-refractivity contribution in [3.8, 4) is 0 Å². The molecule has 0 aromatic heterocycles. The highest BCUT2D eigenvalue weighted by atomic mass is 35.5. The first-order valence-electron chi connectivity index (χ1n) is 5.22. The van der Waals surface area contributed by atoms with E-state index in [1.165, 1.54) is 5.56 Å². The topological polar surface area (TPSA) is 35.2 Å². The number of methoxy groups -OCH3 is 1. The predicted molar refractivity (Wildman–Crippen MR) is 62.2 cm³/mol. The molecule has 1 aliphatic carbocycles. The molecule has 2 N–H and O–H groups in total. The van der Waals surface area contributed by atoms with E-state index in [-0.39, 0.29) is 6.04 Å². The summed E-state index contributed by atoms with van der Waals surface area (Å²) in [6.45, 7) is 0.793. The third-order valence-electron chi connectivity index (χ3n) is 3.18. The van der Waals surface area contributed by atoms with Crippen LogP contribution in [0, 0.1) is 5.92 Å². The van der Waals surface area contributed by atoms with E-state index < -0.39 is 0 Å². The zero-order valence-electron chi connectivity index (χ0n) is 8.82. The Labute approximate surface area is 95.4 Å². The molecule has 0 bridgehead atoms. The lowest BCUT2D eigenvalue weighted by Crippen LogP contribution is -2.47. The van der Waals surface area contributed by atoms with E-state index >= 15 is 0 Å². The average molecular weight is 226 g/mol. The third-order valence-corrected chi connectivity index (χ3v) is 3.43. The molecule has 0 saturated heterocycles. The van der Waals surface area contributed by atoms with Crippen molar-refractivity contribution in [2.24, 2.45) is 11.7 Å². The van der Waals surface area contributed by atoms with Gasteiger partial charge in [-0.1, -0.05) is 23.7 Å².